The van der Waals surface area contributed by atoms with Gasteiger partial charge in [-0.2, -0.15) is 11.8 Å². The Morgan fingerprint density at radius 2 is 2.29 bits per heavy atom. The Morgan fingerprint density at radius 3 is 2.76 bits per heavy atom. The van der Waals surface area contributed by atoms with Crippen molar-refractivity contribution in [2.75, 3.05) is 19.1 Å². The molecular formula is C12H19NO2S2. The molecule has 0 aromatic carbocycles. The van der Waals surface area contributed by atoms with Crippen molar-refractivity contribution in [3.63, 3.8) is 0 Å². The lowest BCUT2D eigenvalue weighted by Crippen LogP contribution is -2.32. The van der Waals surface area contributed by atoms with Gasteiger partial charge in [-0.1, -0.05) is 6.92 Å². The second-order valence-electron chi connectivity index (χ2n) is 4.00. The van der Waals surface area contributed by atoms with Crippen LogP contribution in [-0.2, 0) is 6.54 Å². The second kappa shape index (κ2) is 7.03. The van der Waals surface area contributed by atoms with E-state index in [0.717, 1.165) is 23.6 Å². The predicted molar refractivity (Wildman–Crippen MR) is 75.2 cm³/mol. The standard InChI is InChI=1S/C12H19NO2S2/c1-4-9(8-16-3)13(2)7-10-5-6-11(17-10)12(14)15/h5-6,9H,4,7-8H2,1-3H3,(H,14,15). The molecule has 1 aromatic rings. The summed E-state index contributed by atoms with van der Waals surface area (Å²) < 4.78 is 0. The summed E-state index contributed by atoms with van der Waals surface area (Å²) >= 11 is 3.22. The lowest BCUT2D eigenvalue weighted by atomic mass is 10.2. The molecule has 0 saturated heterocycles. The van der Waals surface area contributed by atoms with E-state index in [9.17, 15) is 4.79 Å². The van der Waals surface area contributed by atoms with Crippen molar-refractivity contribution < 1.29 is 9.90 Å². The van der Waals surface area contributed by atoms with Crippen molar-refractivity contribution >= 4 is 29.1 Å². The van der Waals surface area contributed by atoms with Gasteiger partial charge in [0.25, 0.3) is 0 Å². The van der Waals surface area contributed by atoms with Gasteiger partial charge in [0.2, 0.25) is 0 Å². The van der Waals surface area contributed by atoms with Crippen LogP contribution in [-0.4, -0.2) is 41.1 Å². The summed E-state index contributed by atoms with van der Waals surface area (Å²) in [6, 6.07) is 4.16. The van der Waals surface area contributed by atoms with Gasteiger partial charge in [0.05, 0.1) is 0 Å². The van der Waals surface area contributed by atoms with Crippen LogP contribution in [0.3, 0.4) is 0 Å². The van der Waals surface area contributed by atoms with E-state index in [2.05, 4.69) is 25.1 Å². The first-order valence-corrected chi connectivity index (χ1v) is 7.80. The van der Waals surface area contributed by atoms with Crippen molar-refractivity contribution in [2.24, 2.45) is 0 Å². The van der Waals surface area contributed by atoms with E-state index in [1.165, 1.54) is 11.3 Å². The molecule has 0 bridgehead atoms. The van der Waals surface area contributed by atoms with Crippen molar-refractivity contribution in [1.29, 1.82) is 0 Å². The number of nitrogens with zero attached hydrogens (tertiary/aromatic N) is 1. The van der Waals surface area contributed by atoms with Crippen molar-refractivity contribution in [1.82, 2.24) is 4.90 Å². The SMILES string of the molecule is CCC(CSC)N(C)Cc1ccc(C(=O)O)s1. The molecule has 0 fully saturated rings. The monoisotopic (exact) mass is 273 g/mol. The van der Waals surface area contributed by atoms with Gasteiger partial charge in [-0.25, -0.2) is 4.79 Å². The highest BCUT2D eigenvalue weighted by molar-refractivity contribution is 7.98. The quantitative estimate of drug-likeness (QED) is 0.829. The lowest BCUT2D eigenvalue weighted by Gasteiger charge is -2.25. The number of carboxylic acids is 1. The molecule has 0 aliphatic heterocycles. The normalized spacial score (nSPS) is 12.9. The molecule has 0 saturated carbocycles. The Labute approximate surface area is 111 Å². The Morgan fingerprint density at radius 1 is 1.59 bits per heavy atom. The summed E-state index contributed by atoms with van der Waals surface area (Å²) in [5.41, 5.74) is 0. The minimum atomic E-state index is -0.833. The van der Waals surface area contributed by atoms with Crippen molar-refractivity contribution in [2.45, 2.75) is 25.9 Å². The van der Waals surface area contributed by atoms with Crippen LogP contribution in [0.1, 0.15) is 27.9 Å². The molecule has 0 aliphatic rings. The minimum Gasteiger partial charge on any atom is -0.477 e. The molecule has 0 aliphatic carbocycles. The van der Waals surface area contributed by atoms with Crippen molar-refractivity contribution in [3.8, 4) is 0 Å². The number of carboxylic acid groups (broad SMARTS) is 1. The van der Waals surface area contributed by atoms with E-state index < -0.39 is 5.97 Å². The van der Waals surface area contributed by atoms with Gasteiger partial charge >= 0.3 is 5.97 Å². The molecule has 1 unspecified atom stereocenters. The average molecular weight is 273 g/mol. The Bertz CT molecular complexity index is 365. The minimum absolute atomic E-state index is 0.423. The number of hydrogen-bond acceptors (Lipinski definition) is 4. The first-order chi connectivity index (χ1) is 8.08. The molecule has 96 valence electrons. The number of thioether (sulfide) groups is 1. The summed E-state index contributed by atoms with van der Waals surface area (Å²) in [5.74, 6) is 0.282. The zero-order chi connectivity index (χ0) is 12.8. The zero-order valence-electron chi connectivity index (χ0n) is 10.5. The number of aromatic carboxylic acids is 1. The third kappa shape index (κ3) is 4.33. The van der Waals surface area contributed by atoms with E-state index in [4.69, 9.17) is 5.11 Å². The fourth-order valence-electron chi connectivity index (χ4n) is 1.70. The first-order valence-electron chi connectivity index (χ1n) is 5.59. The molecule has 0 radical (unpaired) electrons. The van der Waals surface area contributed by atoms with Gasteiger partial charge in [-0.3, -0.25) is 4.90 Å². The highest BCUT2D eigenvalue weighted by Crippen LogP contribution is 2.20. The van der Waals surface area contributed by atoms with Gasteiger partial charge in [0, 0.05) is 23.2 Å². The van der Waals surface area contributed by atoms with Crippen LogP contribution in [0.2, 0.25) is 0 Å². The van der Waals surface area contributed by atoms with Gasteiger partial charge < -0.3 is 5.11 Å². The van der Waals surface area contributed by atoms with Crippen LogP contribution in [0.4, 0.5) is 0 Å². The number of thiophene rings is 1. The molecule has 1 atom stereocenters. The maximum absolute atomic E-state index is 10.8. The summed E-state index contributed by atoms with van der Waals surface area (Å²) in [6.07, 6.45) is 3.23. The van der Waals surface area contributed by atoms with E-state index in [-0.39, 0.29) is 0 Å². The molecule has 1 heterocycles. The first kappa shape index (κ1) is 14.5. The van der Waals surface area contributed by atoms with Crippen LogP contribution >= 0.6 is 23.1 Å². The van der Waals surface area contributed by atoms with Crippen LogP contribution in [0, 0.1) is 0 Å². The zero-order valence-corrected chi connectivity index (χ0v) is 12.1. The van der Waals surface area contributed by atoms with E-state index in [1.807, 2.05) is 17.8 Å². The van der Waals surface area contributed by atoms with Crippen LogP contribution in [0.15, 0.2) is 12.1 Å². The maximum atomic E-state index is 10.8. The van der Waals surface area contributed by atoms with Crippen LogP contribution in [0.5, 0.6) is 0 Å². The third-order valence-electron chi connectivity index (χ3n) is 2.73. The number of rotatable bonds is 7. The van der Waals surface area contributed by atoms with Crippen LogP contribution < -0.4 is 0 Å². The van der Waals surface area contributed by atoms with E-state index >= 15 is 0 Å². The highest BCUT2D eigenvalue weighted by atomic mass is 32.2. The summed E-state index contributed by atoms with van der Waals surface area (Å²) in [4.78, 5) is 14.6. The van der Waals surface area contributed by atoms with Gasteiger partial charge in [0.15, 0.2) is 0 Å². The molecule has 0 spiro atoms. The molecule has 3 nitrogen and oxygen atoms in total. The topological polar surface area (TPSA) is 40.5 Å². The van der Waals surface area contributed by atoms with Gasteiger partial charge in [0.1, 0.15) is 4.88 Å². The molecule has 17 heavy (non-hydrogen) atoms. The molecule has 1 rings (SSSR count). The lowest BCUT2D eigenvalue weighted by molar-refractivity contribution is 0.0702. The largest absolute Gasteiger partial charge is 0.477 e. The van der Waals surface area contributed by atoms with E-state index in [0.29, 0.717) is 10.9 Å². The number of carbonyl (C=O) groups is 1. The van der Waals surface area contributed by atoms with Crippen molar-refractivity contribution in [3.05, 3.63) is 21.9 Å². The van der Waals surface area contributed by atoms with Gasteiger partial charge in [-0.15, -0.1) is 11.3 Å². The Kier molecular flexibility index (Phi) is 6.02. The molecular weight excluding hydrogens is 254 g/mol. The maximum Gasteiger partial charge on any atom is 0.345 e. The average Bonchev–Trinajstić information content (AvgIpc) is 2.74. The molecule has 0 amide bonds. The molecule has 1 N–H and O–H groups in total. The summed E-state index contributed by atoms with van der Waals surface area (Å²) in [6.45, 7) is 3.02. The predicted octanol–water partition coefficient (Wildman–Crippen LogP) is 3.02. The van der Waals surface area contributed by atoms with Crippen LogP contribution in [0.25, 0.3) is 0 Å². The fraction of sp³-hybridized carbons (Fsp3) is 0.583. The Balaban J connectivity index is 2.59. The summed E-state index contributed by atoms with van der Waals surface area (Å²) in [5, 5.41) is 8.87. The van der Waals surface area contributed by atoms with E-state index in [1.54, 1.807) is 6.07 Å². The van der Waals surface area contributed by atoms with Gasteiger partial charge in [-0.05, 0) is 31.9 Å². The molecule has 5 heteroatoms. The highest BCUT2D eigenvalue weighted by Gasteiger charge is 2.14. The second-order valence-corrected chi connectivity index (χ2v) is 6.08. The third-order valence-corrected chi connectivity index (χ3v) is 4.51. The Hall–Kier alpha value is -0.520. The molecule has 1 aromatic heterocycles. The smallest absolute Gasteiger partial charge is 0.345 e. The summed E-state index contributed by atoms with van der Waals surface area (Å²) in [7, 11) is 2.10. The fourth-order valence-corrected chi connectivity index (χ4v) is 3.49. The number of hydrogen-bond donors (Lipinski definition) is 1.